The molecule has 1 heterocycles. The predicted molar refractivity (Wildman–Crippen MR) is 155 cm³/mol. The topological polar surface area (TPSA) is 12.9 Å². The highest BCUT2D eigenvalue weighted by molar-refractivity contribution is 8.76. The average Bonchev–Trinajstić information content (AvgIpc) is 3.20. The number of rotatable bonds is 8. The molecule has 3 saturated carbocycles. The molecule has 0 N–H and O–H groups in total. The summed E-state index contributed by atoms with van der Waals surface area (Å²) in [5, 5.41) is 1.90. The lowest BCUT2D eigenvalue weighted by molar-refractivity contribution is -0.0497. The van der Waals surface area contributed by atoms with Crippen LogP contribution in [0.4, 0.5) is 0 Å². The third-order valence-corrected chi connectivity index (χ3v) is 14.0. The van der Waals surface area contributed by atoms with Crippen LogP contribution in [0.5, 0.6) is 0 Å². The molecule has 1 nitrogen and oxygen atoms in total. The summed E-state index contributed by atoms with van der Waals surface area (Å²) in [6.07, 6.45) is 20.4. The third-order valence-electron chi connectivity index (χ3n) is 11.2. The van der Waals surface area contributed by atoms with E-state index >= 15 is 0 Å². The lowest BCUT2D eigenvalue weighted by Gasteiger charge is -2.58. The van der Waals surface area contributed by atoms with E-state index in [2.05, 4.69) is 68.6 Å². The van der Waals surface area contributed by atoms with Gasteiger partial charge < -0.3 is 0 Å². The molecule has 1 aromatic rings. The van der Waals surface area contributed by atoms with Gasteiger partial charge in [0.2, 0.25) is 0 Å². The van der Waals surface area contributed by atoms with Gasteiger partial charge in [0.1, 0.15) is 5.03 Å². The summed E-state index contributed by atoms with van der Waals surface area (Å²) < 4.78 is 0. The summed E-state index contributed by atoms with van der Waals surface area (Å²) in [5.74, 6) is 5.59. The molecule has 4 aliphatic rings. The Kier molecular flexibility index (Phi) is 8.05. The van der Waals surface area contributed by atoms with Crippen LogP contribution in [-0.4, -0.2) is 10.2 Å². The summed E-state index contributed by atoms with van der Waals surface area (Å²) in [6.45, 7) is 12.8. The molecule has 8 atom stereocenters. The largest absolute Gasteiger partial charge is 0.249 e. The molecular weight excluding hydrogens is 462 g/mol. The molecule has 5 rings (SSSR count). The molecule has 0 radical (unpaired) electrons. The molecule has 35 heavy (non-hydrogen) atoms. The molecule has 0 aromatic carbocycles. The van der Waals surface area contributed by atoms with E-state index in [1.807, 2.05) is 28.6 Å². The monoisotopic (exact) mass is 511 g/mol. The van der Waals surface area contributed by atoms with Gasteiger partial charge >= 0.3 is 0 Å². The van der Waals surface area contributed by atoms with Crippen LogP contribution in [-0.2, 0) is 0 Å². The molecule has 0 saturated heterocycles. The molecule has 1 unspecified atom stereocenters. The van der Waals surface area contributed by atoms with E-state index in [1.54, 1.807) is 0 Å². The lowest BCUT2D eigenvalue weighted by atomic mass is 9.47. The SMILES string of the molecule is CC(C)CCC[C@@H](C)[C@H]1CC[C@H]2[C@@H]3CC=C4C[C@@H](SSc5ccccn5)CC[C@]4(C)C3CC[C@]12C. The zero-order valence-electron chi connectivity index (χ0n) is 23.0. The smallest absolute Gasteiger partial charge is 0.106 e. The van der Waals surface area contributed by atoms with Gasteiger partial charge in [-0.3, -0.25) is 0 Å². The van der Waals surface area contributed by atoms with Crippen LogP contribution in [0, 0.1) is 46.3 Å². The Bertz CT molecular complexity index is 881. The Balaban J connectivity index is 1.24. The van der Waals surface area contributed by atoms with E-state index in [0.29, 0.717) is 10.8 Å². The Labute approximate surface area is 223 Å². The first kappa shape index (κ1) is 26.2. The maximum absolute atomic E-state index is 4.52. The first-order chi connectivity index (χ1) is 16.8. The van der Waals surface area contributed by atoms with Crippen LogP contribution in [0.2, 0.25) is 0 Å². The second-order valence-corrected chi connectivity index (χ2v) is 16.0. The van der Waals surface area contributed by atoms with Crippen molar-refractivity contribution in [2.45, 2.75) is 116 Å². The lowest BCUT2D eigenvalue weighted by Crippen LogP contribution is -2.50. The Morgan fingerprint density at radius 1 is 1.00 bits per heavy atom. The normalized spacial score (nSPS) is 39.5. The van der Waals surface area contributed by atoms with Crippen LogP contribution < -0.4 is 0 Å². The van der Waals surface area contributed by atoms with E-state index in [1.165, 1.54) is 70.6 Å². The zero-order chi connectivity index (χ0) is 24.6. The highest BCUT2D eigenvalue weighted by Gasteiger charge is 2.59. The van der Waals surface area contributed by atoms with Crippen LogP contribution >= 0.6 is 21.6 Å². The minimum absolute atomic E-state index is 0.470. The maximum Gasteiger partial charge on any atom is 0.106 e. The van der Waals surface area contributed by atoms with Gasteiger partial charge in [-0.15, -0.1) is 0 Å². The van der Waals surface area contributed by atoms with Crippen molar-refractivity contribution >= 4 is 21.6 Å². The minimum Gasteiger partial charge on any atom is -0.249 e. The van der Waals surface area contributed by atoms with Crippen LogP contribution in [0.3, 0.4) is 0 Å². The summed E-state index contributed by atoms with van der Waals surface area (Å²) in [4.78, 5) is 4.52. The molecule has 194 valence electrons. The van der Waals surface area contributed by atoms with Crippen molar-refractivity contribution in [1.82, 2.24) is 4.98 Å². The molecule has 4 aliphatic carbocycles. The van der Waals surface area contributed by atoms with E-state index < -0.39 is 0 Å². The molecule has 0 amide bonds. The fourth-order valence-electron chi connectivity index (χ4n) is 9.25. The summed E-state index contributed by atoms with van der Waals surface area (Å²) in [6, 6.07) is 6.27. The predicted octanol–water partition coefficient (Wildman–Crippen LogP) is 10.2. The first-order valence-electron chi connectivity index (χ1n) is 14.7. The van der Waals surface area contributed by atoms with Crippen molar-refractivity contribution in [3.63, 3.8) is 0 Å². The van der Waals surface area contributed by atoms with Crippen LogP contribution in [0.1, 0.15) is 105 Å². The maximum atomic E-state index is 4.52. The number of hydrogen-bond donors (Lipinski definition) is 0. The van der Waals surface area contributed by atoms with E-state index in [4.69, 9.17) is 0 Å². The fraction of sp³-hybridized carbons (Fsp3) is 0.781. The number of fused-ring (bicyclic) bond motifs is 5. The van der Waals surface area contributed by atoms with Gasteiger partial charge in [-0.1, -0.05) is 82.4 Å². The van der Waals surface area contributed by atoms with Gasteiger partial charge in [-0.2, -0.15) is 0 Å². The summed E-state index contributed by atoms with van der Waals surface area (Å²) >= 11 is 0. The quantitative estimate of drug-likeness (QED) is 0.254. The molecule has 3 heteroatoms. The number of nitrogens with zero attached hydrogens (tertiary/aromatic N) is 1. The minimum atomic E-state index is 0.470. The molecular formula is C32H49NS2. The third kappa shape index (κ3) is 5.16. The number of allylic oxidation sites excluding steroid dienone is 2. The van der Waals surface area contributed by atoms with Crippen molar-refractivity contribution in [2.75, 3.05) is 0 Å². The average molecular weight is 512 g/mol. The van der Waals surface area contributed by atoms with Crippen molar-refractivity contribution in [1.29, 1.82) is 0 Å². The van der Waals surface area contributed by atoms with Gasteiger partial charge in [0, 0.05) is 11.4 Å². The zero-order valence-corrected chi connectivity index (χ0v) is 24.6. The Hall–Kier alpha value is -0.410. The Morgan fingerprint density at radius 3 is 2.63 bits per heavy atom. The highest BCUT2D eigenvalue weighted by Crippen LogP contribution is 2.67. The molecule has 0 aliphatic heterocycles. The van der Waals surface area contributed by atoms with Crippen LogP contribution in [0.15, 0.2) is 41.1 Å². The van der Waals surface area contributed by atoms with Gasteiger partial charge in [-0.05, 0) is 121 Å². The summed E-state index contributed by atoms with van der Waals surface area (Å²) in [7, 11) is 3.96. The molecule has 3 fully saturated rings. The molecule has 0 bridgehead atoms. The fourth-order valence-corrected chi connectivity index (χ4v) is 11.7. The Morgan fingerprint density at radius 2 is 1.86 bits per heavy atom. The molecule has 1 aromatic heterocycles. The van der Waals surface area contributed by atoms with Crippen molar-refractivity contribution in [3.05, 3.63) is 36.0 Å². The van der Waals surface area contributed by atoms with Crippen molar-refractivity contribution < 1.29 is 0 Å². The highest BCUT2D eigenvalue weighted by atomic mass is 33.1. The van der Waals surface area contributed by atoms with Gasteiger partial charge in [0.25, 0.3) is 0 Å². The second-order valence-electron chi connectivity index (χ2n) is 13.5. The van der Waals surface area contributed by atoms with Gasteiger partial charge in [-0.25, -0.2) is 4.98 Å². The number of hydrogen-bond acceptors (Lipinski definition) is 3. The second kappa shape index (κ2) is 10.8. The van der Waals surface area contributed by atoms with Crippen LogP contribution in [0.25, 0.3) is 0 Å². The van der Waals surface area contributed by atoms with Gasteiger partial charge in [0.15, 0.2) is 0 Å². The molecule has 0 spiro atoms. The number of pyridine rings is 1. The number of aromatic nitrogens is 1. The summed E-state index contributed by atoms with van der Waals surface area (Å²) in [5.41, 5.74) is 2.90. The van der Waals surface area contributed by atoms with Crippen molar-refractivity contribution in [3.8, 4) is 0 Å². The van der Waals surface area contributed by atoms with Crippen molar-refractivity contribution in [2.24, 2.45) is 46.3 Å². The van der Waals surface area contributed by atoms with E-state index in [-0.39, 0.29) is 0 Å². The van der Waals surface area contributed by atoms with E-state index in [9.17, 15) is 0 Å². The first-order valence-corrected chi connectivity index (χ1v) is 17.0. The van der Waals surface area contributed by atoms with E-state index in [0.717, 1.165) is 45.8 Å². The van der Waals surface area contributed by atoms with Gasteiger partial charge in [0.05, 0.1) is 0 Å². The standard InChI is InChI=1S/C32H49NS2/c1-22(2)9-8-10-23(3)27-14-15-28-26-13-12-24-21-25(34-35-30-11-6-7-20-33-30)16-18-31(24,4)29(26)17-19-32(27,28)5/h6-7,11-12,20,22-23,25-29H,8-10,13-19,21H2,1-5H3/t23-,25+,26+,27-,28+,29?,31+,32-/m1/s1.